The predicted molar refractivity (Wildman–Crippen MR) is 117 cm³/mol. The summed E-state index contributed by atoms with van der Waals surface area (Å²) >= 11 is 0. The molecule has 2 aromatic rings. The van der Waals surface area contributed by atoms with Crippen molar-refractivity contribution in [1.82, 2.24) is 20.0 Å². The fraction of sp³-hybridized carbons (Fsp3) is 0.520. The summed E-state index contributed by atoms with van der Waals surface area (Å²) in [5.74, 6) is 0.0762. The van der Waals surface area contributed by atoms with E-state index in [1.165, 1.54) is 5.56 Å². The molecule has 0 unspecified atom stereocenters. The number of benzene rings is 1. The first-order chi connectivity index (χ1) is 15.0. The molecule has 2 amide bonds. The molecule has 5 atom stereocenters. The molecule has 2 bridgehead atoms. The molecule has 1 saturated carbocycles. The molecule has 162 valence electrons. The highest BCUT2D eigenvalue weighted by Gasteiger charge is 2.63. The van der Waals surface area contributed by atoms with Crippen LogP contribution in [0, 0.1) is 5.41 Å². The molecule has 3 fully saturated rings. The van der Waals surface area contributed by atoms with Crippen molar-refractivity contribution in [3.63, 3.8) is 0 Å². The topological polar surface area (TPSA) is 66.4 Å². The molecular formula is C25H30N4O2. The zero-order chi connectivity index (χ0) is 21.6. The quantitative estimate of drug-likeness (QED) is 0.765. The van der Waals surface area contributed by atoms with E-state index >= 15 is 0 Å². The summed E-state index contributed by atoms with van der Waals surface area (Å²) in [7, 11) is 0. The Bertz CT molecular complexity index is 966. The zero-order valence-corrected chi connectivity index (χ0v) is 18.3. The summed E-state index contributed by atoms with van der Waals surface area (Å²) in [5, 5.41) is 8.08. The van der Waals surface area contributed by atoms with Gasteiger partial charge in [0.1, 0.15) is 0 Å². The molecule has 0 spiro atoms. The summed E-state index contributed by atoms with van der Waals surface area (Å²) in [6.45, 7) is 4.00. The van der Waals surface area contributed by atoms with E-state index < -0.39 is 0 Å². The number of carbonyl (C=O) groups excluding carboxylic acids is 2. The SMILES string of the molecule is CC(=O)N1[C@@H](Cc2ccccc2)[C@@H]2C[C@@]3(C)[C@H](CCCC[C@@H]13)N2C(=O)c1cccnn1. The molecule has 6 nitrogen and oxygen atoms in total. The van der Waals surface area contributed by atoms with E-state index in [4.69, 9.17) is 0 Å². The van der Waals surface area contributed by atoms with Crippen LogP contribution in [0.1, 0.15) is 62.0 Å². The van der Waals surface area contributed by atoms with Gasteiger partial charge in [-0.15, -0.1) is 5.10 Å². The Labute approximate surface area is 183 Å². The molecule has 31 heavy (non-hydrogen) atoms. The highest BCUT2D eigenvalue weighted by molar-refractivity contribution is 5.93. The van der Waals surface area contributed by atoms with E-state index in [9.17, 15) is 9.59 Å². The standard InChI is InChI=1S/C25H30N4O2/c1-17(30)28-20(15-18-9-4-3-5-10-18)21-16-25(2)22(28)12-6-7-13-23(25)29(21)24(31)19-11-8-14-26-27-19/h3-5,8-11,14,20-23H,6-7,12-13,15-16H2,1-2H3/t20-,21-,22+,23-,25+/m0/s1. The minimum absolute atomic E-state index is 0.0111. The number of amides is 2. The van der Waals surface area contributed by atoms with Gasteiger partial charge in [-0.05, 0) is 43.4 Å². The lowest BCUT2D eigenvalue weighted by atomic mass is 9.69. The number of nitrogens with zero attached hydrogens (tertiary/aromatic N) is 4. The second-order valence-electron chi connectivity index (χ2n) is 9.60. The van der Waals surface area contributed by atoms with Crippen molar-refractivity contribution >= 4 is 11.8 Å². The second kappa shape index (κ2) is 7.74. The van der Waals surface area contributed by atoms with Crippen LogP contribution in [0.15, 0.2) is 48.7 Å². The fourth-order valence-electron chi connectivity index (χ4n) is 6.64. The van der Waals surface area contributed by atoms with Crippen LogP contribution in [-0.4, -0.2) is 56.0 Å². The van der Waals surface area contributed by atoms with E-state index in [1.54, 1.807) is 25.3 Å². The van der Waals surface area contributed by atoms with Gasteiger partial charge in [-0.25, -0.2) is 0 Å². The molecular weight excluding hydrogens is 388 g/mol. The van der Waals surface area contributed by atoms with E-state index in [-0.39, 0.29) is 41.4 Å². The number of aromatic nitrogens is 2. The highest BCUT2D eigenvalue weighted by Crippen LogP contribution is 2.55. The smallest absolute Gasteiger partial charge is 0.274 e. The minimum Gasteiger partial charge on any atom is -0.334 e. The maximum Gasteiger partial charge on any atom is 0.274 e. The monoisotopic (exact) mass is 418 g/mol. The number of hydrogen-bond donors (Lipinski definition) is 0. The largest absolute Gasteiger partial charge is 0.334 e. The van der Waals surface area contributed by atoms with Gasteiger partial charge in [-0.1, -0.05) is 50.1 Å². The first-order valence-electron chi connectivity index (χ1n) is 11.4. The Hall–Kier alpha value is -2.76. The van der Waals surface area contributed by atoms with E-state index in [0.29, 0.717) is 5.69 Å². The van der Waals surface area contributed by atoms with Crippen molar-refractivity contribution in [2.24, 2.45) is 5.41 Å². The Morgan fingerprint density at radius 3 is 2.39 bits per heavy atom. The molecule has 3 aliphatic rings. The summed E-state index contributed by atoms with van der Waals surface area (Å²) in [6.07, 6.45) is 7.47. The number of fused-ring (bicyclic) bond motifs is 1. The molecule has 6 heteroatoms. The van der Waals surface area contributed by atoms with Gasteiger partial charge in [0.05, 0.1) is 12.1 Å². The molecule has 2 saturated heterocycles. The van der Waals surface area contributed by atoms with Gasteiger partial charge in [0.25, 0.3) is 5.91 Å². The number of carbonyl (C=O) groups is 2. The third-order valence-electron chi connectivity index (χ3n) is 7.88. The van der Waals surface area contributed by atoms with E-state index in [2.05, 4.69) is 39.1 Å². The summed E-state index contributed by atoms with van der Waals surface area (Å²) in [4.78, 5) is 31.0. The average molecular weight is 419 g/mol. The molecule has 1 aromatic carbocycles. The van der Waals surface area contributed by atoms with E-state index in [0.717, 1.165) is 38.5 Å². The van der Waals surface area contributed by atoms with Gasteiger partial charge in [0, 0.05) is 30.6 Å². The summed E-state index contributed by atoms with van der Waals surface area (Å²) in [6, 6.07) is 14.1. The third-order valence-corrected chi connectivity index (χ3v) is 7.88. The second-order valence-corrected chi connectivity index (χ2v) is 9.60. The van der Waals surface area contributed by atoms with Crippen LogP contribution in [0.4, 0.5) is 0 Å². The van der Waals surface area contributed by atoms with Crippen LogP contribution in [0.25, 0.3) is 0 Å². The number of hydrogen-bond acceptors (Lipinski definition) is 4. The Morgan fingerprint density at radius 2 is 1.74 bits per heavy atom. The first-order valence-corrected chi connectivity index (χ1v) is 11.4. The average Bonchev–Trinajstić information content (AvgIpc) is 2.93. The first kappa shape index (κ1) is 20.2. The Kier molecular flexibility index (Phi) is 5.03. The van der Waals surface area contributed by atoms with Crippen LogP contribution >= 0.6 is 0 Å². The van der Waals surface area contributed by atoms with Gasteiger partial charge in [-0.3, -0.25) is 9.59 Å². The normalized spacial score (nSPS) is 31.9. The predicted octanol–water partition coefficient (Wildman–Crippen LogP) is 3.48. The maximum absolute atomic E-state index is 13.7. The van der Waals surface area contributed by atoms with Gasteiger partial charge in [0.2, 0.25) is 5.91 Å². The molecule has 2 aliphatic heterocycles. The van der Waals surface area contributed by atoms with Crippen molar-refractivity contribution in [2.75, 3.05) is 0 Å². The molecule has 5 rings (SSSR count). The Balaban J connectivity index is 1.61. The molecule has 1 aromatic heterocycles. The summed E-state index contributed by atoms with van der Waals surface area (Å²) < 4.78 is 0. The fourth-order valence-corrected chi connectivity index (χ4v) is 6.64. The van der Waals surface area contributed by atoms with Crippen LogP contribution in [-0.2, 0) is 11.2 Å². The number of piperidine rings is 1. The zero-order valence-electron chi connectivity index (χ0n) is 18.3. The van der Waals surface area contributed by atoms with Gasteiger partial charge in [0.15, 0.2) is 5.69 Å². The van der Waals surface area contributed by atoms with E-state index in [1.807, 2.05) is 18.2 Å². The summed E-state index contributed by atoms with van der Waals surface area (Å²) in [5.41, 5.74) is 1.51. The maximum atomic E-state index is 13.7. The Morgan fingerprint density at radius 1 is 1.03 bits per heavy atom. The van der Waals surface area contributed by atoms with Gasteiger partial charge >= 0.3 is 0 Å². The highest BCUT2D eigenvalue weighted by atomic mass is 16.2. The van der Waals surface area contributed by atoms with Crippen molar-refractivity contribution < 1.29 is 9.59 Å². The number of likely N-dealkylation sites (tertiary alicyclic amines) is 2. The van der Waals surface area contributed by atoms with Gasteiger partial charge < -0.3 is 9.80 Å². The number of rotatable bonds is 3. The lowest BCUT2D eigenvalue weighted by Gasteiger charge is -2.50. The minimum atomic E-state index is -0.0854. The van der Waals surface area contributed by atoms with Crippen molar-refractivity contribution in [1.29, 1.82) is 0 Å². The molecule has 0 radical (unpaired) electrons. The molecule has 1 aliphatic carbocycles. The van der Waals surface area contributed by atoms with Crippen LogP contribution in [0.2, 0.25) is 0 Å². The van der Waals surface area contributed by atoms with Gasteiger partial charge in [-0.2, -0.15) is 5.10 Å². The van der Waals surface area contributed by atoms with Crippen LogP contribution in [0.3, 0.4) is 0 Å². The molecule has 0 N–H and O–H groups in total. The third kappa shape index (κ3) is 3.24. The van der Waals surface area contributed by atoms with Crippen molar-refractivity contribution in [3.05, 3.63) is 59.9 Å². The lowest BCUT2D eigenvalue weighted by Crippen LogP contribution is -2.61. The van der Waals surface area contributed by atoms with Crippen molar-refractivity contribution in [3.8, 4) is 0 Å². The lowest BCUT2D eigenvalue weighted by molar-refractivity contribution is -0.141. The molecule has 3 heterocycles. The van der Waals surface area contributed by atoms with Crippen LogP contribution in [0.5, 0.6) is 0 Å². The van der Waals surface area contributed by atoms with Crippen molar-refractivity contribution in [2.45, 2.75) is 76.5 Å². The van der Waals surface area contributed by atoms with Crippen LogP contribution < -0.4 is 0 Å².